The Morgan fingerprint density at radius 2 is 2.00 bits per heavy atom. The van der Waals surface area contributed by atoms with Crippen LogP contribution in [0.4, 0.5) is 5.95 Å². The van der Waals surface area contributed by atoms with Crippen molar-refractivity contribution in [2.24, 2.45) is 11.8 Å². The van der Waals surface area contributed by atoms with Gasteiger partial charge >= 0.3 is 0 Å². The summed E-state index contributed by atoms with van der Waals surface area (Å²) in [5, 5.41) is 8.39. The number of rotatable bonds is 4. The van der Waals surface area contributed by atoms with Crippen LogP contribution in [0.15, 0.2) is 22.9 Å². The van der Waals surface area contributed by atoms with Crippen LogP contribution in [0, 0.1) is 11.8 Å². The van der Waals surface area contributed by atoms with Crippen molar-refractivity contribution >= 4 is 5.95 Å². The van der Waals surface area contributed by atoms with Gasteiger partial charge in [-0.3, -0.25) is 0 Å². The molecule has 1 aliphatic carbocycles. The summed E-state index contributed by atoms with van der Waals surface area (Å²) in [6.45, 7) is 2.73. The van der Waals surface area contributed by atoms with E-state index in [1.165, 1.54) is 12.8 Å². The van der Waals surface area contributed by atoms with Gasteiger partial charge in [-0.05, 0) is 31.2 Å². The van der Waals surface area contributed by atoms with Crippen LogP contribution in [0.5, 0.6) is 0 Å². The van der Waals surface area contributed by atoms with Crippen LogP contribution >= 0.6 is 0 Å². The van der Waals surface area contributed by atoms with E-state index in [0.717, 1.165) is 50.3 Å². The zero-order chi connectivity index (χ0) is 15.9. The fourth-order valence-electron chi connectivity index (χ4n) is 3.95. The zero-order valence-electron chi connectivity index (χ0n) is 13.5. The lowest BCUT2D eigenvalue weighted by Gasteiger charge is -2.35. The smallest absolute Gasteiger partial charge is 0.225 e. The molecule has 3 fully saturated rings. The number of hydrogen-bond acceptors (Lipinski definition) is 7. The van der Waals surface area contributed by atoms with Crippen LogP contribution in [0.2, 0.25) is 0 Å². The van der Waals surface area contributed by atoms with E-state index in [4.69, 9.17) is 9.15 Å². The van der Waals surface area contributed by atoms with Crippen molar-refractivity contribution in [3.63, 3.8) is 0 Å². The highest BCUT2D eigenvalue weighted by atomic mass is 16.5. The molecule has 0 aromatic carbocycles. The normalized spacial score (nSPS) is 29.7. The largest absolute Gasteiger partial charge is 0.425 e. The Kier molecular flexibility index (Phi) is 3.47. The minimum atomic E-state index is 0.196. The van der Waals surface area contributed by atoms with Gasteiger partial charge in [-0.15, -0.1) is 10.2 Å². The summed E-state index contributed by atoms with van der Waals surface area (Å²) in [5.74, 6) is 3.97. The Bertz CT molecular complexity index is 702. The molecule has 2 saturated heterocycles. The molecule has 5 rings (SSSR count). The van der Waals surface area contributed by atoms with Gasteiger partial charge in [0.05, 0.1) is 19.1 Å². The Morgan fingerprint density at radius 1 is 1.12 bits per heavy atom. The minimum absolute atomic E-state index is 0.196. The van der Waals surface area contributed by atoms with Crippen LogP contribution in [0.3, 0.4) is 0 Å². The minimum Gasteiger partial charge on any atom is -0.425 e. The SMILES string of the molecule is c1cnc(N2CC[C@H]3[C@H](CO[C@H]3Cc3nnc(C4CC4)o3)C2)nc1. The maximum Gasteiger partial charge on any atom is 0.225 e. The molecule has 126 valence electrons. The quantitative estimate of drug-likeness (QED) is 0.847. The summed E-state index contributed by atoms with van der Waals surface area (Å²) in [4.78, 5) is 11.0. The Labute approximate surface area is 140 Å². The molecule has 7 heteroatoms. The van der Waals surface area contributed by atoms with Gasteiger partial charge in [-0.25, -0.2) is 9.97 Å². The third-order valence-corrected chi connectivity index (χ3v) is 5.41. The van der Waals surface area contributed by atoms with Crippen LogP contribution in [0.25, 0.3) is 0 Å². The predicted molar refractivity (Wildman–Crippen MR) is 85.6 cm³/mol. The molecule has 4 heterocycles. The predicted octanol–water partition coefficient (Wildman–Crippen LogP) is 1.82. The van der Waals surface area contributed by atoms with E-state index in [0.29, 0.717) is 17.8 Å². The van der Waals surface area contributed by atoms with E-state index >= 15 is 0 Å². The summed E-state index contributed by atoms with van der Waals surface area (Å²) in [6.07, 6.45) is 8.00. The van der Waals surface area contributed by atoms with Gasteiger partial charge in [0.15, 0.2) is 0 Å². The van der Waals surface area contributed by atoms with Gasteiger partial charge in [0.1, 0.15) is 0 Å². The van der Waals surface area contributed by atoms with E-state index in [9.17, 15) is 0 Å². The molecule has 0 unspecified atom stereocenters. The second kappa shape index (κ2) is 5.81. The fourth-order valence-corrected chi connectivity index (χ4v) is 3.95. The van der Waals surface area contributed by atoms with E-state index < -0.39 is 0 Å². The van der Waals surface area contributed by atoms with E-state index in [1.807, 2.05) is 6.07 Å². The van der Waals surface area contributed by atoms with Gasteiger partial charge in [0.2, 0.25) is 17.7 Å². The highest BCUT2D eigenvalue weighted by molar-refractivity contribution is 5.29. The molecule has 0 N–H and O–H groups in total. The number of ether oxygens (including phenoxy) is 1. The fraction of sp³-hybridized carbons (Fsp3) is 0.647. The molecule has 0 radical (unpaired) electrons. The third-order valence-electron chi connectivity index (χ3n) is 5.41. The van der Waals surface area contributed by atoms with Gasteiger partial charge in [-0.2, -0.15) is 0 Å². The van der Waals surface area contributed by atoms with Gasteiger partial charge < -0.3 is 14.1 Å². The number of hydrogen-bond donors (Lipinski definition) is 0. The van der Waals surface area contributed by atoms with Crippen LogP contribution in [-0.2, 0) is 11.2 Å². The number of nitrogens with zero attached hydrogens (tertiary/aromatic N) is 5. The lowest BCUT2D eigenvalue weighted by atomic mass is 9.83. The van der Waals surface area contributed by atoms with Crippen molar-refractivity contribution < 1.29 is 9.15 Å². The first-order valence-corrected chi connectivity index (χ1v) is 8.82. The molecule has 3 atom stereocenters. The van der Waals surface area contributed by atoms with Gasteiger partial charge in [-0.1, -0.05) is 0 Å². The Hall–Kier alpha value is -2.02. The summed E-state index contributed by atoms with van der Waals surface area (Å²) >= 11 is 0. The average Bonchev–Trinajstić information content (AvgIpc) is 3.26. The summed E-state index contributed by atoms with van der Waals surface area (Å²) < 4.78 is 11.9. The molecule has 0 bridgehead atoms. The third kappa shape index (κ3) is 2.66. The Balaban J connectivity index is 1.23. The van der Waals surface area contributed by atoms with E-state index in [2.05, 4.69) is 25.1 Å². The average molecular weight is 327 g/mol. The van der Waals surface area contributed by atoms with Crippen molar-refractivity contribution in [2.75, 3.05) is 24.6 Å². The summed E-state index contributed by atoms with van der Waals surface area (Å²) in [7, 11) is 0. The summed E-state index contributed by atoms with van der Waals surface area (Å²) in [6, 6.07) is 1.85. The number of aromatic nitrogens is 4. The van der Waals surface area contributed by atoms with Crippen molar-refractivity contribution in [2.45, 2.75) is 37.7 Å². The molecule has 0 amide bonds. The molecule has 24 heavy (non-hydrogen) atoms. The molecule has 2 aromatic rings. The maximum atomic E-state index is 6.08. The standard InChI is InChI=1S/C17H21N5O2/c1-5-18-17(19-6-1)22-7-4-13-12(9-22)10-23-14(13)8-15-20-21-16(24-15)11-2-3-11/h1,5-6,11-14H,2-4,7-10H2/t12-,13-,14-/m0/s1. The molecule has 2 aliphatic heterocycles. The first kappa shape index (κ1) is 14.3. The number of piperidine rings is 1. The molecular formula is C17H21N5O2. The van der Waals surface area contributed by atoms with Gasteiger partial charge in [0, 0.05) is 37.3 Å². The maximum absolute atomic E-state index is 6.08. The Morgan fingerprint density at radius 3 is 2.83 bits per heavy atom. The second-order valence-electron chi connectivity index (χ2n) is 7.09. The lowest BCUT2D eigenvalue weighted by molar-refractivity contribution is 0.0837. The van der Waals surface area contributed by atoms with Crippen LogP contribution in [0.1, 0.15) is 37.0 Å². The van der Waals surface area contributed by atoms with Crippen molar-refractivity contribution in [1.29, 1.82) is 0 Å². The molecule has 1 saturated carbocycles. The monoisotopic (exact) mass is 327 g/mol. The van der Waals surface area contributed by atoms with Crippen LogP contribution < -0.4 is 4.90 Å². The molecule has 0 spiro atoms. The van der Waals surface area contributed by atoms with Crippen molar-refractivity contribution in [3.05, 3.63) is 30.2 Å². The number of fused-ring (bicyclic) bond motifs is 1. The first-order valence-electron chi connectivity index (χ1n) is 8.82. The second-order valence-corrected chi connectivity index (χ2v) is 7.09. The topological polar surface area (TPSA) is 77.2 Å². The number of anilines is 1. The molecule has 7 nitrogen and oxygen atoms in total. The molecular weight excluding hydrogens is 306 g/mol. The highest BCUT2D eigenvalue weighted by Gasteiger charge is 2.42. The van der Waals surface area contributed by atoms with Crippen molar-refractivity contribution in [1.82, 2.24) is 20.2 Å². The lowest BCUT2D eigenvalue weighted by Crippen LogP contribution is -2.42. The highest BCUT2D eigenvalue weighted by Crippen LogP contribution is 2.40. The summed E-state index contributed by atoms with van der Waals surface area (Å²) in [5.41, 5.74) is 0. The van der Waals surface area contributed by atoms with Crippen LogP contribution in [-0.4, -0.2) is 46.0 Å². The zero-order valence-corrected chi connectivity index (χ0v) is 13.5. The van der Waals surface area contributed by atoms with Crippen molar-refractivity contribution in [3.8, 4) is 0 Å². The van der Waals surface area contributed by atoms with E-state index in [1.54, 1.807) is 12.4 Å². The van der Waals surface area contributed by atoms with E-state index in [-0.39, 0.29) is 6.10 Å². The molecule has 2 aromatic heterocycles. The van der Waals surface area contributed by atoms with Gasteiger partial charge in [0.25, 0.3) is 0 Å². The molecule has 3 aliphatic rings. The first-order chi connectivity index (χ1) is 11.9.